The van der Waals surface area contributed by atoms with E-state index in [0.29, 0.717) is 5.92 Å². The minimum atomic E-state index is 0.505. The Balaban J connectivity index is 2.16. The summed E-state index contributed by atoms with van der Waals surface area (Å²) in [5.41, 5.74) is 4.19. The molecule has 0 aliphatic rings. The normalized spacial score (nSPS) is 12.3. The molecule has 0 radical (unpaired) electrons. The molecule has 20 heavy (non-hydrogen) atoms. The summed E-state index contributed by atoms with van der Waals surface area (Å²) >= 11 is 3.57. The van der Waals surface area contributed by atoms with E-state index in [2.05, 4.69) is 76.7 Å². The predicted octanol–water partition coefficient (Wildman–Crippen LogP) is 4.56. The fourth-order valence-electron chi connectivity index (χ4n) is 2.51. The van der Waals surface area contributed by atoms with Crippen LogP contribution in [0.5, 0.6) is 0 Å². The van der Waals surface area contributed by atoms with Crippen molar-refractivity contribution >= 4 is 15.9 Å². The Labute approximate surface area is 130 Å². The Kier molecular flexibility index (Phi) is 5.81. The number of hydrogen-bond acceptors (Lipinski definition) is 1. The van der Waals surface area contributed by atoms with Crippen molar-refractivity contribution in [3.05, 3.63) is 69.7 Å². The smallest absolute Gasteiger partial charge is 0.0178 e. The summed E-state index contributed by atoms with van der Waals surface area (Å²) in [6.45, 7) is 3.19. The monoisotopic (exact) mass is 331 g/mol. The van der Waals surface area contributed by atoms with Crippen LogP contribution in [-0.4, -0.2) is 13.6 Å². The summed E-state index contributed by atoms with van der Waals surface area (Å²) in [4.78, 5) is 0. The zero-order chi connectivity index (χ0) is 14.4. The summed E-state index contributed by atoms with van der Waals surface area (Å²) in [6, 6.07) is 17.6. The molecule has 106 valence electrons. The molecule has 0 aliphatic carbocycles. The molecular weight excluding hydrogens is 310 g/mol. The van der Waals surface area contributed by atoms with Crippen molar-refractivity contribution in [3.8, 4) is 0 Å². The maximum absolute atomic E-state index is 3.57. The molecule has 1 N–H and O–H groups in total. The van der Waals surface area contributed by atoms with Gasteiger partial charge < -0.3 is 5.32 Å². The highest BCUT2D eigenvalue weighted by atomic mass is 79.9. The van der Waals surface area contributed by atoms with Gasteiger partial charge in [0.05, 0.1) is 0 Å². The number of rotatable bonds is 6. The molecule has 1 nitrogen and oxygen atoms in total. The van der Waals surface area contributed by atoms with E-state index in [1.54, 1.807) is 0 Å². The lowest BCUT2D eigenvalue weighted by Gasteiger charge is -2.18. The lowest BCUT2D eigenvalue weighted by Crippen LogP contribution is -2.19. The van der Waals surface area contributed by atoms with Gasteiger partial charge in [-0.25, -0.2) is 0 Å². The first-order valence-electron chi connectivity index (χ1n) is 7.20. The molecule has 0 aliphatic heterocycles. The summed E-state index contributed by atoms with van der Waals surface area (Å²) in [7, 11) is 2.02. The van der Waals surface area contributed by atoms with Crippen molar-refractivity contribution in [3.63, 3.8) is 0 Å². The molecule has 0 saturated heterocycles. The van der Waals surface area contributed by atoms with E-state index >= 15 is 0 Å². The van der Waals surface area contributed by atoms with Gasteiger partial charge in [0.15, 0.2) is 0 Å². The highest BCUT2D eigenvalue weighted by molar-refractivity contribution is 9.10. The lowest BCUT2D eigenvalue weighted by atomic mass is 9.91. The number of benzene rings is 2. The predicted molar refractivity (Wildman–Crippen MR) is 90.3 cm³/mol. The van der Waals surface area contributed by atoms with E-state index < -0.39 is 0 Å². The SMILES string of the molecule is CCc1ccc(CC(CNC)c2cccc(Br)c2)cc1. The third-order valence-corrected chi connectivity index (χ3v) is 4.18. The van der Waals surface area contributed by atoms with Crippen molar-refractivity contribution < 1.29 is 0 Å². The summed E-state index contributed by atoms with van der Waals surface area (Å²) in [6.07, 6.45) is 2.17. The zero-order valence-electron chi connectivity index (χ0n) is 12.2. The fraction of sp³-hybridized carbons (Fsp3) is 0.333. The van der Waals surface area contributed by atoms with Crippen LogP contribution in [0.3, 0.4) is 0 Å². The quantitative estimate of drug-likeness (QED) is 0.818. The van der Waals surface area contributed by atoms with E-state index in [1.165, 1.54) is 16.7 Å². The van der Waals surface area contributed by atoms with E-state index in [0.717, 1.165) is 23.9 Å². The molecule has 0 saturated carbocycles. The molecule has 0 bridgehead atoms. The third-order valence-electron chi connectivity index (χ3n) is 3.68. The van der Waals surface area contributed by atoms with Crippen molar-refractivity contribution in [2.45, 2.75) is 25.7 Å². The highest BCUT2D eigenvalue weighted by Gasteiger charge is 2.12. The maximum atomic E-state index is 3.57. The Morgan fingerprint density at radius 2 is 1.75 bits per heavy atom. The second kappa shape index (κ2) is 7.61. The van der Waals surface area contributed by atoms with Gasteiger partial charge in [-0.1, -0.05) is 59.3 Å². The summed E-state index contributed by atoms with van der Waals surface area (Å²) in [5.74, 6) is 0.505. The van der Waals surface area contributed by atoms with Crippen LogP contribution in [0.2, 0.25) is 0 Å². The van der Waals surface area contributed by atoms with Gasteiger partial charge in [-0.2, -0.15) is 0 Å². The molecular formula is C18H22BrN. The topological polar surface area (TPSA) is 12.0 Å². The van der Waals surface area contributed by atoms with Crippen LogP contribution in [0.4, 0.5) is 0 Å². The van der Waals surface area contributed by atoms with Gasteiger partial charge >= 0.3 is 0 Å². The van der Waals surface area contributed by atoms with Gasteiger partial charge in [-0.05, 0) is 48.7 Å². The Morgan fingerprint density at radius 1 is 1.05 bits per heavy atom. The van der Waals surface area contributed by atoms with Gasteiger partial charge in [0.1, 0.15) is 0 Å². The van der Waals surface area contributed by atoms with Gasteiger partial charge in [-0.15, -0.1) is 0 Å². The first-order chi connectivity index (χ1) is 9.72. The highest BCUT2D eigenvalue weighted by Crippen LogP contribution is 2.23. The first-order valence-corrected chi connectivity index (χ1v) is 8.00. The van der Waals surface area contributed by atoms with E-state index in [4.69, 9.17) is 0 Å². The molecule has 0 spiro atoms. The molecule has 2 aromatic rings. The molecule has 0 aromatic heterocycles. The molecule has 2 heteroatoms. The van der Waals surface area contributed by atoms with Crippen LogP contribution < -0.4 is 5.32 Å². The standard InChI is InChI=1S/C18H22BrN/c1-3-14-7-9-15(10-8-14)11-17(13-20-2)16-5-4-6-18(19)12-16/h4-10,12,17,20H,3,11,13H2,1-2H3. The van der Waals surface area contributed by atoms with Crippen LogP contribution in [0, 0.1) is 0 Å². The van der Waals surface area contributed by atoms with Crippen LogP contribution in [-0.2, 0) is 12.8 Å². The Bertz CT molecular complexity index is 533. The van der Waals surface area contributed by atoms with Crippen LogP contribution >= 0.6 is 15.9 Å². The minimum Gasteiger partial charge on any atom is -0.319 e. The van der Waals surface area contributed by atoms with Crippen LogP contribution in [0.15, 0.2) is 53.0 Å². The van der Waals surface area contributed by atoms with E-state index in [-0.39, 0.29) is 0 Å². The Hall–Kier alpha value is -1.12. The van der Waals surface area contributed by atoms with E-state index in [1.807, 2.05) is 7.05 Å². The average Bonchev–Trinajstić information content (AvgIpc) is 2.47. The molecule has 1 atom stereocenters. The van der Waals surface area contributed by atoms with Gasteiger partial charge in [-0.3, -0.25) is 0 Å². The summed E-state index contributed by atoms with van der Waals surface area (Å²) < 4.78 is 1.15. The van der Waals surface area contributed by atoms with Gasteiger partial charge in [0.25, 0.3) is 0 Å². The molecule has 0 fully saturated rings. The number of hydrogen-bond donors (Lipinski definition) is 1. The second-order valence-electron chi connectivity index (χ2n) is 5.18. The maximum Gasteiger partial charge on any atom is 0.0178 e. The van der Waals surface area contributed by atoms with Gasteiger partial charge in [0.2, 0.25) is 0 Å². The zero-order valence-corrected chi connectivity index (χ0v) is 13.8. The number of halogens is 1. The number of likely N-dealkylation sites (N-methyl/N-ethyl adjacent to an activating group) is 1. The third kappa shape index (κ3) is 4.19. The van der Waals surface area contributed by atoms with Crippen molar-refractivity contribution in [1.29, 1.82) is 0 Å². The molecule has 1 unspecified atom stereocenters. The molecule has 2 rings (SSSR count). The molecule has 2 aromatic carbocycles. The van der Waals surface area contributed by atoms with Crippen LogP contribution in [0.1, 0.15) is 29.5 Å². The molecule has 0 amide bonds. The van der Waals surface area contributed by atoms with Crippen molar-refractivity contribution in [2.24, 2.45) is 0 Å². The summed E-state index contributed by atoms with van der Waals surface area (Å²) in [5, 5.41) is 3.31. The second-order valence-corrected chi connectivity index (χ2v) is 6.10. The fourth-order valence-corrected chi connectivity index (χ4v) is 2.93. The average molecular weight is 332 g/mol. The Morgan fingerprint density at radius 3 is 2.35 bits per heavy atom. The van der Waals surface area contributed by atoms with Crippen molar-refractivity contribution in [2.75, 3.05) is 13.6 Å². The minimum absolute atomic E-state index is 0.505. The lowest BCUT2D eigenvalue weighted by molar-refractivity contribution is 0.625. The van der Waals surface area contributed by atoms with Crippen LogP contribution in [0.25, 0.3) is 0 Å². The largest absolute Gasteiger partial charge is 0.319 e. The first kappa shape index (κ1) is 15.3. The number of aryl methyl sites for hydroxylation is 1. The van der Waals surface area contributed by atoms with Crippen molar-refractivity contribution in [1.82, 2.24) is 5.32 Å². The van der Waals surface area contributed by atoms with Gasteiger partial charge in [0, 0.05) is 16.9 Å². The van der Waals surface area contributed by atoms with E-state index in [9.17, 15) is 0 Å². The molecule has 0 heterocycles. The number of nitrogens with one attached hydrogen (secondary N) is 1.